The minimum absolute atomic E-state index is 0.111. The van der Waals surface area contributed by atoms with Crippen LogP contribution in [0.5, 0.6) is 0 Å². The summed E-state index contributed by atoms with van der Waals surface area (Å²) < 4.78 is 0. The van der Waals surface area contributed by atoms with Crippen molar-refractivity contribution in [3.05, 3.63) is 23.8 Å². The molecule has 2 rings (SSSR count). The van der Waals surface area contributed by atoms with Crippen molar-refractivity contribution >= 4 is 17.3 Å². The second-order valence-corrected chi connectivity index (χ2v) is 4.75. The summed E-state index contributed by atoms with van der Waals surface area (Å²) in [6.45, 7) is 3.08. The molecule has 92 valence electrons. The Balaban J connectivity index is 2.24. The third kappa shape index (κ3) is 2.34. The van der Waals surface area contributed by atoms with Crippen molar-refractivity contribution in [3.8, 4) is 0 Å². The molecule has 5 heteroatoms. The maximum atomic E-state index is 10.8. The van der Waals surface area contributed by atoms with Crippen molar-refractivity contribution in [1.82, 2.24) is 0 Å². The molecule has 5 nitrogen and oxygen atoms in total. The van der Waals surface area contributed by atoms with Crippen molar-refractivity contribution in [2.24, 2.45) is 0 Å². The van der Waals surface area contributed by atoms with E-state index in [0.717, 1.165) is 12.2 Å². The van der Waals surface area contributed by atoms with Gasteiger partial charge in [-0.1, -0.05) is 0 Å². The van der Waals surface area contributed by atoms with Gasteiger partial charge in [0.1, 0.15) is 0 Å². The molecule has 0 amide bonds. The minimum atomic E-state index is -1.03. The zero-order chi connectivity index (χ0) is 12.6. The van der Waals surface area contributed by atoms with Gasteiger partial charge in [-0.05, 0) is 31.5 Å². The first-order valence-electron chi connectivity index (χ1n) is 5.49. The van der Waals surface area contributed by atoms with E-state index in [1.165, 1.54) is 6.07 Å². The molecule has 0 radical (unpaired) electrons. The van der Waals surface area contributed by atoms with Gasteiger partial charge in [0, 0.05) is 24.5 Å². The topological polar surface area (TPSA) is 86.8 Å². The molecular weight excluding hydrogens is 220 g/mol. The maximum absolute atomic E-state index is 10.8. The number of aliphatic hydroxyl groups is 1. The summed E-state index contributed by atoms with van der Waals surface area (Å²) in [6, 6.07) is 4.87. The first kappa shape index (κ1) is 11.7. The van der Waals surface area contributed by atoms with E-state index in [2.05, 4.69) is 0 Å². The Labute approximate surface area is 99.5 Å². The zero-order valence-corrected chi connectivity index (χ0v) is 9.68. The Bertz CT molecular complexity index is 457. The highest BCUT2D eigenvalue weighted by molar-refractivity contribution is 5.94. The molecule has 1 saturated heterocycles. The van der Waals surface area contributed by atoms with Crippen molar-refractivity contribution in [2.45, 2.75) is 18.9 Å². The molecule has 1 aliphatic heterocycles. The monoisotopic (exact) mass is 236 g/mol. The fraction of sp³-hybridized carbons (Fsp3) is 0.417. The highest BCUT2D eigenvalue weighted by Gasteiger charge is 2.31. The lowest BCUT2D eigenvalue weighted by Gasteiger charge is -2.21. The van der Waals surface area contributed by atoms with Crippen LogP contribution in [-0.2, 0) is 0 Å². The minimum Gasteiger partial charge on any atom is -0.478 e. The molecule has 0 saturated carbocycles. The molecule has 1 aromatic rings. The number of nitrogen functional groups attached to an aromatic ring is 1. The first-order valence-corrected chi connectivity index (χ1v) is 5.49. The van der Waals surface area contributed by atoms with Crippen LogP contribution in [0.3, 0.4) is 0 Å². The van der Waals surface area contributed by atoms with E-state index in [-0.39, 0.29) is 11.3 Å². The first-order chi connectivity index (χ1) is 7.89. The molecule has 0 aliphatic carbocycles. The summed E-state index contributed by atoms with van der Waals surface area (Å²) in [5, 5.41) is 18.7. The number of hydrogen-bond donors (Lipinski definition) is 3. The largest absolute Gasteiger partial charge is 0.478 e. The van der Waals surface area contributed by atoms with Crippen LogP contribution in [0.15, 0.2) is 18.2 Å². The second-order valence-electron chi connectivity index (χ2n) is 4.75. The van der Waals surface area contributed by atoms with E-state index in [1.54, 1.807) is 19.1 Å². The number of benzene rings is 1. The number of rotatable bonds is 2. The smallest absolute Gasteiger partial charge is 0.337 e. The van der Waals surface area contributed by atoms with E-state index >= 15 is 0 Å². The summed E-state index contributed by atoms with van der Waals surface area (Å²) in [4.78, 5) is 12.8. The molecule has 1 aliphatic rings. The number of nitrogens with two attached hydrogens (primary N) is 1. The SMILES string of the molecule is CC1(O)CCN(c2ccc(C(=O)O)c(N)c2)C1. The van der Waals surface area contributed by atoms with Gasteiger partial charge >= 0.3 is 5.97 Å². The lowest BCUT2D eigenvalue weighted by atomic mass is 10.1. The summed E-state index contributed by atoms with van der Waals surface area (Å²) in [6.07, 6.45) is 0.702. The van der Waals surface area contributed by atoms with Crippen molar-refractivity contribution in [2.75, 3.05) is 23.7 Å². The maximum Gasteiger partial charge on any atom is 0.337 e. The normalized spacial score (nSPS) is 24.0. The summed E-state index contributed by atoms with van der Waals surface area (Å²) in [5.74, 6) is -1.03. The van der Waals surface area contributed by atoms with Gasteiger partial charge in [-0.15, -0.1) is 0 Å². The molecule has 1 aromatic carbocycles. The number of anilines is 2. The molecular formula is C12H16N2O3. The number of carbonyl (C=O) groups is 1. The average Bonchev–Trinajstić information content (AvgIpc) is 2.58. The molecule has 0 bridgehead atoms. The molecule has 1 fully saturated rings. The Kier molecular flexibility index (Phi) is 2.71. The zero-order valence-electron chi connectivity index (χ0n) is 9.68. The summed E-state index contributed by atoms with van der Waals surface area (Å²) in [5.41, 5.74) is 6.22. The molecule has 1 atom stereocenters. The highest BCUT2D eigenvalue weighted by atomic mass is 16.4. The van der Waals surface area contributed by atoms with Gasteiger partial charge < -0.3 is 20.8 Å². The quantitative estimate of drug-likeness (QED) is 0.665. The Morgan fingerprint density at radius 1 is 1.53 bits per heavy atom. The van der Waals surface area contributed by atoms with Crippen molar-refractivity contribution < 1.29 is 15.0 Å². The van der Waals surface area contributed by atoms with Gasteiger partial charge in [0.15, 0.2) is 0 Å². The van der Waals surface area contributed by atoms with Gasteiger partial charge in [0.05, 0.1) is 11.2 Å². The molecule has 1 unspecified atom stereocenters. The van der Waals surface area contributed by atoms with Crippen molar-refractivity contribution in [1.29, 1.82) is 0 Å². The molecule has 17 heavy (non-hydrogen) atoms. The van der Waals surface area contributed by atoms with Gasteiger partial charge in [-0.25, -0.2) is 4.79 Å². The van der Waals surface area contributed by atoms with Crippen LogP contribution < -0.4 is 10.6 Å². The molecule has 0 spiro atoms. The highest BCUT2D eigenvalue weighted by Crippen LogP contribution is 2.28. The van der Waals surface area contributed by atoms with Gasteiger partial charge in [0.25, 0.3) is 0 Å². The van der Waals surface area contributed by atoms with Gasteiger partial charge in [0.2, 0.25) is 0 Å². The lowest BCUT2D eigenvalue weighted by molar-refractivity contribution is 0.0697. The van der Waals surface area contributed by atoms with Crippen LogP contribution in [0, 0.1) is 0 Å². The predicted octanol–water partition coefficient (Wildman–Crippen LogP) is 0.928. The number of nitrogens with zero attached hydrogens (tertiary/aromatic N) is 1. The average molecular weight is 236 g/mol. The van der Waals surface area contributed by atoms with Gasteiger partial charge in [-0.2, -0.15) is 0 Å². The number of carboxylic acid groups (broad SMARTS) is 1. The second kappa shape index (κ2) is 3.92. The summed E-state index contributed by atoms with van der Waals surface area (Å²) >= 11 is 0. The molecule has 4 N–H and O–H groups in total. The van der Waals surface area contributed by atoms with E-state index in [4.69, 9.17) is 10.8 Å². The fourth-order valence-electron chi connectivity index (χ4n) is 2.11. The lowest BCUT2D eigenvalue weighted by Crippen LogP contribution is -2.29. The molecule has 0 aromatic heterocycles. The summed E-state index contributed by atoms with van der Waals surface area (Å²) in [7, 11) is 0. The fourth-order valence-corrected chi connectivity index (χ4v) is 2.11. The van der Waals surface area contributed by atoms with Crippen LogP contribution in [0.1, 0.15) is 23.7 Å². The van der Waals surface area contributed by atoms with Crippen LogP contribution in [0.2, 0.25) is 0 Å². The number of aromatic carboxylic acids is 1. The van der Waals surface area contributed by atoms with Crippen LogP contribution >= 0.6 is 0 Å². The van der Waals surface area contributed by atoms with Gasteiger partial charge in [-0.3, -0.25) is 0 Å². The van der Waals surface area contributed by atoms with E-state index in [0.29, 0.717) is 13.0 Å². The predicted molar refractivity (Wildman–Crippen MR) is 65.3 cm³/mol. The van der Waals surface area contributed by atoms with Crippen LogP contribution in [0.4, 0.5) is 11.4 Å². The van der Waals surface area contributed by atoms with Crippen molar-refractivity contribution in [3.63, 3.8) is 0 Å². The Hall–Kier alpha value is -1.75. The molecule has 1 heterocycles. The Morgan fingerprint density at radius 3 is 2.71 bits per heavy atom. The number of carboxylic acids is 1. The standard InChI is InChI=1S/C12H16N2O3/c1-12(17)4-5-14(7-12)8-2-3-9(11(15)16)10(13)6-8/h2-3,6,17H,4-5,7,13H2,1H3,(H,15,16). The third-order valence-corrected chi connectivity index (χ3v) is 3.08. The van der Waals surface area contributed by atoms with E-state index in [1.807, 2.05) is 4.90 Å². The van der Waals surface area contributed by atoms with E-state index in [9.17, 15) is 9.90 Å². The third-order valence-electron chi connectivity index (χ3n) is 3.08. The van der Waals surface area contributed by atoms with Crippen LogP contribution in [-0.4, -0.2) is 34.9 Å². The van der Waals surface area contributed by atoms with Crippen LogP contribution in [0.25, 0.3) is 0 Å². The van der Waals surface area contributed by atoms with E-state index < -0.39 is 11.6 Å². The number of hydrogen-bond acceptors (Lipinski definition) is 4. The Morgan fingerprint density at radius 2 is 2.24 bits per heavy atom. The number of β-amino-alcohol motifs (C(OH)–C–C–N with tert-alkyl or cyclic N) is 1.